The zero-order valence-corrected chi connectivity index (χ0v) is 22.3. The lowest BCUT2D eigenvalue weighted by atomic mass is 9.93. The molecule has 0 atom stereocenters. The molecule has 3 heterocycles. The van der Waals surface area contributed by atoms with Crippen molar-refractivity contribution in [1.29, 1.82) is 0 Å². The Morgan fingerprint density at radius 1 is 1.03 bits per heavy atom. The minimum absolute atomic E-state index is 0.394. The van der Waals surface area contributed by atoms with E-state index in [0.29, 0.717) is 28.5 Å². The van der Waals surface area contributed by atoms with Gasteiger partial charge < -0.3 is 14.6 Å². The smallest absolute Gasteiger partial charge is 0.218 e. The Labute approximate surface area is 222 Å². The van der Waals surface area contributed by atoms with Crippen molar-refractivity contribution in [1.82, 2.24) is 24.1 Å². The number of methoxy groups -OCH3 is 1. The van der Waals surface area contributed by atoms with Gasteiger partial charge in [-0.25, -0.2) is 14.5 Å². The van der Waals surface area contributed by atoms with Gasteiger partial charge in [0.1, 0.15) is 11.3 Å². The fourth-order valence-electron chi connectivity index (χ4n) is 4.58. The molecule has 0 unspecified atom stereocenters. The summed E-state index contributed by atoms with van der Waals surface area (Å²) in [5.41, 5.74) is 4.84. The van der Waals surface area contributed by atoms with E-state index in [1.807, 2.05) is 78.8 Å². The van der Waals surface area contributed by atoms with Crippen LogP contribution in [0.3, 0.4) is 0 Å². The lowest BCUT2D eigenvalue weighted by Crippen LogP contribution is -2.28. The van der Waals surface area contributed by atoms with Crippen molar-refractivity contribution < 1.29 is 4.74 Å². The molecule has 1 aliphatic carbocycles. The molecule has 0 amide bonds. The first-order valence-electron chi connectivity index (χ1n) is 12.7. The number of nitrogens with zero attached hydrogens (tertiary/aromatic N) is 5. The van der Waals surface area contributed by atoms with E-state index in [2.05, 4.69) is 22.4 Å². The average molecular weight is 515 g/mol. The first kappa shape index (κ1) is 24.8. The van der Waals surface area contributed by atoms with Crippen molar-refractivity contribution in [3.63, 3.8) is 0 Å². The molecule has 8 heteroatoms. The molecular formula is C29H31ClN6O. The van der Waals surface area contributed by atoms with Gasteiger partial charge in [-0.15, -0.1) is 5.10 Å². The third-order valence-electron chi connectivity index (χ3n) is 6.63. The number of rotatable bonds is 6. The summed E-state index contributed by atoms with van der Waals surface area (Å²) < 4.78 is 9.35. The van der Waals surface area contributed by atoms with E-state index in [9.17, 15) is 0 Å². The van der Waals surface area contributed by atoms with Crippen molar-refractivity contribution >= 4 is 22.9 Å². The van der Waals surface area contributed by atoms with E-state index in [0.717, 1.165) is 46.4 Å². The number of hydrogen-bond acceptors (Lipinski definition) is 5. The Bertz CT molecular complexity index is 1520. The van der Waals surface area contributed by atoms with Crippen LogP contribution in [0, 0.1) is 0 Å². The fourth-order valence-corrected chi connectivity index (χ4v) is 4.89. The Kier molecular flexibility index (Phi) is 7.15. The maximum Gasteiger partial charge on any atom is 0.218 e. The van der Waals surface area contributed by atoms with Crippen LogP contribution < -0.4 is 10.1 Å². The van der Waals surface area contributed by atoms with Crippen molar-refractivity contribution in [3.05, 3.63) is 72.1 Å². The first-order chi connectivity index (χ1) is 18.1. The van der Waals surface area contributed by atoms with Gasteiger partial charge in [0, 0.05) is 48.4 Å². The number of fused-ring (bicyclic) bond motifs is 1. The lowest BCUT2D eigenvalue weighted by molar-refractivity contribution is 0.415. The number of ether oxygens (including phenoxy) is 1. The molecule has 37 heavy (non-hydrogen) atoms. The van der Waals surface area contributed by atoms with Crippen LogP contribution in [-0.2, 0) is 7.05 Å². The molecule has 1 fully saturated rings. The lowest BCUT2D eigenvalue weighted by Gasteiger charge is -2.27. The predicted molar refractivity (Wildman–Crippen MR) is 150 cm³/mol. The van der Waals surface area contributed by atoms with E-state index < -0.39 is 0 Å². The molecule has 5 aromatic rings. The van der Waals surface area contributed by atoms with Crippen molar-refractivity contribution in [2.45, 2.75) is 39.2 Å². The summed E-state index contributed by atoms with van der Waals surface area (Å²) in [7, 11) is 3.58. The van der Waals surface area contributed by atoms with Gasteiger partial charge in [0.25, 0.3) is 0 Å². The number of aryl methyl sites for hydroxylation is 1. The number of halogens is 1. The standard InChI is InChI=1S/C27H25ClN6O.C2H6/c1-33-15-14-29-27(33)26-31-25(30-18-10-6-11-18)24-22(17-8-4-3-5-9-17)20(16-34(24)32-26)19-12-7-13-21(35-2)23(19)28;1-2/h3-5,7-9,12-16,18H,6,10-11H2,1-2H3,(H,30,31,32);1-2H3. The third kappa shape index (κ3) is 4.55. The van der Waals surface area contributed by atoms with Crippen LogP contribution in [0.2, 0.25) is 5.02 Å². The van der Waals surface area contributed by atoms with Crippen LogP contribution in [0.15, 0.2) is 67.1 Å². The number of hydrogen-bond donors (Lipinski definition) is 1. The Balaban J connectivity index is 0.00000137. The average Bonchev–Trinajstić information content (AvgIpc) is 3.51. The highest BCUT2D eigenvalue weighted by atomic mass is 35.5. The second kappa shape index (κ2) is 10.6. The van der Waals surface area contributed by atoms with Crippen LogP contribution in [0.25, 0.3) is 39.4 Å². The van der Waals surface area contributed by atoms with Crippen LogP contribution in [0.4, 0.5) is 5.82 Å². The van der Waals surface area contributed by atoms with Crippen LogP contribution in [-0.4, -0.2) is 37.3 Å². The quantitative estimate of drug-likeness (QED) is 0.261. The topological polar surface area (TPSA) is 69.3 Å². The Hall–Kier alpha value is -3.84. The zero-order chi connectivity index (χ0) is 25.9. The molecular weight excluding hydrogens is 484 g/mol. The fraction of sp³-hybridized carbons (Fsp3) is 0.276. The molecule has 0 saturated heterocycles. The van der Waals surface area contributed by atoms with E-state index in [1.54, 1.807) is 13.3 Å². The highest BCUT2D eigenvalue weighted by Gasteiger charge is 2.26. The second-order valence-corrected chi connectivity index (χ2v) is 9.19. The van der Waals surface area contributed by atoms with Crippen molar-refractivity contribution in [2.75, 3.05) is 12.4 Å². The van der Waals surface area contributed by atoms with Crippen molar-refractivity contribution in [2.24, 2.45) is 7.05 Å². The number of nitrogens with one attached hydrogen (secondary N) is 1. The summed E-state index contributed by atoms with van der Waals surface area (Å²) in [4.78, 5) is 9.48. The molecule has 0 radical (unpaired) electrons. The highest BCUT2D eigenvalue weighted by molar-refractivity contribution is 6.35. The molecule has 0 aliphatic heterocycles. The minimum atomic E-state index is 0.394. The highest BCUT2D eigenvalue weighted by Crippen LogP contribution is 2.44. The SMILES string of the molecule is CC.COc1cccc(-c2cn3nc(-c4nccn4C)nc(NC4CCC4)c3c2-c2ccccc2)c1Cl. The van der Waals surface area contributed by atoms with Crippen LogP contribution in [0.5, 0.6) is 5.75 Å². The summed E-state index contributed by atoms with van der Waals surface area (Å²) in [6, 6.07) is 16.5. The largest absolute Gasteiger partial charge is 0.495 e. The number of anilines is 1. The number of aromatic nitrogens is 5. The summed E-state index contributed by atoms with van der Waals surface area (Å²) in [6.45, 7) is 4.00. The zero-order valence-electron chi connectivity index (χ0n) is 21.6. The van der Waals surface area contributed by atoms with Gasteiger partial charge in [-0.1, -0.05) is 67.9 Å². The molecule has 2 aromatic carbocycles. The molecule has 1 N–H and O–H groups in total. The summed E-state index contributed by atoms with van der Waals surface area (Å²) in [6.07, 6.45) is 9.16. The van der Waals surface area contributed by atoms with Crippen molar-refractivity contribution in [3.8, 4) is 39.7 Å². The maximum absolute atomic E-state index is 6.82. The molecule has 1 saturated carbocycles. The molecule has 3 aromatic heterocycles. The monoisotopic (exact) mass is 514 g/mol. The first-order valence-corrected chi connectivity index (χ1v) is 13.1. The molecule has 0 bridgehead atoms. The normalized spacial score (nSPS) is 13.1. The van der Waals surface area contributed by atoms with Gasteiger partial charge in [0.2, 0.25) is 5.82 Å². The molecule has 0 spiro atoms. The third-order valence-corrected chi connectivity index (χ3v) is 7.02. The van der Waals surface area contributed by atoms with Gasteiger partial charge in [0.15, 0.2) is 11.6 Å². The molecule has 1 aliphatic rings. The van der Waals surface area contributed by atoms with Gasteiger partial charge in [-0.3, -0.25) is 0 Å². The number of benzene rings is 2. The van der Waals surface area contributed by atoms with E-state index in [-0.39, 0.29) is 0 Å². The minimum Gasteiger partial charge on any atom is -0.495 e. The second-order valence-electron chi connectivity index (χ2n) is 8.82. The van der Waals surface area contributed by atoms with Crippen LogP contribution in [0.1, 0.15) is 33.1 Å². The maximum atomic E-state index is 6.82. The van der Waals surface area contributed by atoms with Gasteiger partial charge in [-0.05, 0) is 30.9 Å². The summed E-state index contributed by atoms with van der Waals surface area (Å²) in [5, 5.41) is 9.16. The Morgan fingerprint density at radius 3 is 2.46 bits per heavy atom. The summed E-state index contributed by atoms with van der Waals surface area (Å²) in [5.74, 6) is 2.70. The van der Waals surface area contributed by atoms with E-state index >= 15 is 0 Å². The van der Waals surface area contributed by atoms with Crippen LogP contribution >= 0.6 is 11.6 Å². The predicted octanol–water partition coefficient (Wildman–Crippen LogP) is 7.12. The van der Waals surface area contributed by atoms with Gasteiger partial charge >= 0.3 is 0 Å². The van der Waals surface area contributed by atoms with Gasteiger partial charge in [-0.2, -0.15) is 0 Å². The molecule has 6 rings (SSSR count). The van der Waals surface area contributed by atoms with E-state index in [4.69, 9.17) is 26.4 Å². The molecule has 190 valence electrons. The van der Waals surface area contributed by atoms with Gasteiger partial charge in [0.05, 0.1) is 12.1 Å². The molecule has 7 nitrogen and oxygen atoms in total. The Morgan fingerprint density at radius 2 is 1.81 bits per heavy atom. The summed E-state index contributed by atoms with van der Waals surface area (Å²) >= 11 is 6.82. The number of imidazole rings is 1. The van der Waals surface area contributed by atoms with E-state index in [1.165, 1.54) is 6.42 Å².